The number of nitrogens with one attached hydrogen (secondary N) is 1. The standard InChI is InChI=1S/C22H20N4O2/c1-13(27)24-21-15-7-3-2-6-14(15)16-11-26(12-17(16)21)22(28)20-10-23-18-8-4-5-9-19(18)25-20/h2-10,16-17,21H,11-12H2,1H3,(H,24,27)/t16-,17-,21+/m0/s1. The fourth-order valence-electron chi connectivity index (χ4n) is 4.65. The van der Waals surface area contributed by atoms with E-state index in [-0.39, 0.29) is 29.7 Å². The van der Waals surface area contributed by atoms with Gasteiger partial charge in [0.1, 0.15) is 5.69 Å². The Morgan fingerprint density at radius 2 is 1.71 bits per heavy atom. The van der Waals surface area contributed by atoms with Crippen molar-refractivity contribution in [2.45, 2.75) is 18.9 Å². The van der Waals surface area contributed by atoms with Gasteiger partial charge in [0.2, 0.25) is 5.91 Å². The minimum atomic E-state index is -0.105. The van der Waals surface area contributed by atoms with Gasteiger partial charge in [-0.3, -0.25) is 14.6 Å². The van der Waals surface area contributed by atoms with E-state index < -0.39 is 0 Å². The summed E-state index contributed by atoms with van der Waals surface area (Å²) >= 11 is 0. The van der Waals surface area contributed by atoms with Crippen LogP contribution in [0.4, 0.5) is 0 Å². The van der Waals surface area contributed by atoms with Gasteiger partial charge in [-0.15, -0.1) is 0 Å². The maximum absolute atomic E-state index is 13.1. The van der Waals surface area contributed by atoms with Crippen LogP contribution in [-0.2, 0) is 4.79 Å². The SMILES string of the molecule is CC(=O)N[C@@H]1c2ccccc2[C@@H]2CN(C(=O)c3cnc4ccccc4n3)C[C@H]12. The minimum absolute atomic E-state index is 0.0503. The largest absolute Gasteiger partial charge is 0.349 e. The molecule has 0 radical (unpaired) electrons. The van der Waals surface area contributed by atoms with Crippen molar-refractivity contribution in [1.29, 1.82) is 0 Å². The molecule has 2 amide bonds. The molecule has 2 aliphatic rings. The molecule has 2 aromatic carbocycles. The molecule has 0 spiro atoms. The van der Waals surface area contributed by atoms with E-state index in [0.717, 1.165) is 5.52 Å². The van der Waals surface area contributed by atoms with Gasteiger partial charge in [-0.05, 0) is 23.3 Å². The van der Waals surface area contributed by atoms with Crippen molar-refractivity contribution in [3.05, 3.63) is 71.5 Å². The van der Waals surface area contributed by atoms with Crippen LogP contribution in [0, 0.1) is 5.92 Å². The first-order valence-corrected chi connectivity index (χ1v) is 9.49. The number of likely N-dealkylation sites (tertiary alicyclic amines) is 1. The molecule has 1 aliphatic carbocycles. The number of aromatic nitrogens is 2. The van der Waals surface area contributed by atoms with Crippen LogP contribution in [0.25, 0.3) is 11.0 Å². The Kier molecular flexibility index (Phi) is 3.86. The quantitative estimate of drug-likeness (QED) is 0.750. The molecule has 1 fully saturated rings. The Morgan fingerprint density at radius 3 is 2.50 bits per heavy atom. The van der Waals surface area contributed by atoms with E-state index in [1.165, 1.54) is 11.1 Å². The Labute approximate surface area is 162 Å². The highest BCUT2D eigenvalue weighted by Gasteiger charge is 2.47. The number of rotatable bonds is 2. The number of hydrogen-bond donors (Lipinski definition) is 1. The lowest BCUT2D eigenvalue weighted by atomic mass is 9.94. The zero-order chi connectivity index (χ0) is 19.3. The number of hydrogen-bond acceptors (Lipinski definition) is 4. The summed E-state index contributed by atoms with van der Waals surface area (Å²) in [4.78, 5) is 35.6. The van der Waals surface area contributed by atoms with E-state index in [0.29, 0.717) is 24.3 Å². The normalized spacial score (nSPS) is 22.8. The van der Waals surface area contributed by atoms with Crippen molar-refractivity contribution in [2.75, 3.05) is 13.1 Å². The zero-order valence-corrected chi connectivity index (χ0v) is 15.5. The summed E-state index contributed by atoms with van der Waals surface area (Å²) in [7, 11) is 0. The third-order valence-corrected chi connectivity index (χ3v) is 5.84. The predicted molar refractivity (Wildman–Crippen MR) is 105 cm³/mol. The first-order valence-electron chi connectivity index (χ1n) is 9.49. The van der Waals surface area contributed by atoms with Gasteiger partial charge in [-0.1, -0.05) is 36.4 Å². The number of amides is 2. The fraction of sp³-hybridized carbons (Fsp3) is 0.273. The number of benzene rings is 2. The molecule has 6 nitrogen and oxygen atoms in total. The summed E-state index contributed by atoms with van der Waals surface area (Å²) in [5.74, 6) is 0.251. The molecule has 3 atom stereocenters. The van der Waals surface area contributed by atoms with Crippen molar-refractivity contribution in [3.8, 4) is 0 Å². The Bertz CT molecular complexity index is 1100. The van der Waals surface area contributed by atoms with Crippen molar-refractivity contribution < 1.29 is 9.59 Å². The van der Waals surface area contributed by atoms with Crippen LogP contribution in [0.3, 0.4) is 0 Å². The van der Waals surface area contributed by atoms with Crippen LogP contribution in [0.2, 0.25) is 0 Å². The number of nitrogens with zero attached hydrogens (tertiary/aromatic N) is 3. The van der Waals surface area contributed by atoms with E-state index in [1.54, 1.807) is 13.1 Å². The molecule has 1 aliphatic heterocycles. The molecular weight excluding hydrogens is 352 g/mol. The molecule has 0 unspecified atom stereocenters. The highest BCUT2D eigenvalue weighted by Crippen LogP contribution is 2.49. The average molecular weight is 372 g/mol. The summed E-state index contributed by atoms with van der Waals surface area (Å²) < 4.78 is 0. The van der Waals surface area contributed by atoms with Crippen LogP contribution in [0.15, 0.2) is 54.7 Å². The predicted octanol–water partition coefficient (Wildman–Crippen LogP) is 2.68. The lowest BCUT2D eigenvalue weighted by Crippen LogP contribution is -2.34. The lowest BCUT2D eigenvalue weighted by Gasteiger charge is -2.22. The van der Waals surface area contributed by atoms with E-state index in [1.807, 2.05) is 41.3 Å². The number of para-hydroxylation sites is 2. The molecule has 6 heteroatoms. The molecular formula is C22H20N4O2. The molecule has 0 bridgehead atoms. The third-order valence-electron chi connectivity index (χ3n) is 5.84. The molecule has 1 N–H and O–H groups in total. The van der Waals surface area contributed by atoms with Crippen LogP contribution in [0.1, 0.15) is 40.5 Å². The van der Waals surface area contributed by atoms with E-state index in [2.05, 4.69) is 27.4 Å². The Hall–Kier alpha value is -3.28. The highest BCUT2D eigenvalue weighted by atomic mass is 16.2. The van der Waals surface area contributed by atoms with Crippen molar-refractivity contribution >= 4 is 22.8 Å². The van der Waals surface area contributed by atoms with Gasteiger partial charge >= 0.3 is 0 Å². The van der Waals surface area contributed by atoms with Gasteiger partial charge in [0.05, 0.1) is 23.3 Å². The van der Waals surface area contributed by atoms with Gasteiger partial charge in [0.25, 0.3) is 5.91 Å². The summed E-state index contributed by atoms with van der Waals surface area (Å²) in [5.41, 5.74) is 4.26. The molecule has 5 rings (SSSR count). The summed E-state index contributed by atoms with van der Waals surface area (Å²) in [6, 6.07) is 15.7. The zero-order valence-electron chi connectivity index (χ0n) is 15.5. The van der Waals surface area contributed by atoms with Gasteiger partial charge in [-0.2, -0.15) is 0 Å². The Balaban J connectivity index is 1.44. The lowest BCUT2D eigenvalue weighted by molar-refractivity contribution is -0.120. The second kappa shape index (κ2) is 6.41. The molecule has 3 aromatic rings. The van der Waals surface area contributed by atoms with Crippen molar-refractivity contribution in [2.24, 2.45) is 5.92 Å². The first kappa shape index (κ1) is 16.9. The maximum atomic E-state index is 13.1. The molecule has 2 heterocycles. The first-order chi connectivity index (χ1) is 13.6. The van der Waals surface area contributed by atoms with Gasteiger partial charge < -0.3 is 10.2 Å². The van der Waals surface area contributed by atoms with Crippen LogP contribution < -0.4 is 5.32 Å². The maximum Gasteiger partial charge on any atom is 0.274 e. The number of fused-ring (bicyclic) bond motifs is 4. The van der Waals surface area contributed by atoms with Crippen molar-refractivity contribution in [1.82, 2.24) is 20.2 Å². The van der Waals surface area contributed by atoms with Crippen LogP contribution in [0.5, 0.6) is 0 Å². The third kappa shape index (κ3) is 2.64. The highest BCUT2D eigenvalue weighted by molar-refractivity contribution is 5.94. The van der Waals surface area contributed by atoms with Crippen LogP contribution in [-0.4, -0.2) is 39.8 Å². The monoisotopic (exact) mass is 372 g/mol. The van der Waals surface area contributed by atoms with Gasteiger partial charge in [0.15, 0.2) is 0 Å². The summed E-state index contributed by atoms with van der Waals surface area (Å²) in [5, 5.41) is 3.09. The summed E-state index contributed by atoms with van der Waals surface area (Å²) in [6.07, 6.45) is 1.55. The van der Waals surface area contributed by atoms with Gasteiger partial charge in [-0.25, -0.2) is 4.98 Å². The average Bonchev–Trinajstić information content (AvgIpc) is 3.26. The molecule has 28 heavy (non-hydrogen) atoms. The molecule has 1 saturated heterocycles. The fourth-order valence-corrected chi connectivity index (χ4v) is 4.65. The topological polar surface area (TPSA) is 75.2 Å². The van der Waals surface area contributed by atoms with Gasteiger partial charge in [0, 0.05) is 31.8 Å². The second-order valence-electron chi connectivity index (χ2n) is 7.53. The number of carbonyl (C=O) groups excluding carboxylic acids is 2. The molecule has 1 aromatic heterocycles. The van der Waals surface area contributed by atoms with Crippen LogP contribution >= 0.6 is 0 Å². The molecule has 140 valence electrons. The van der Waals surface area contributed by atoms with E-state index >= 15 is 0 Å². The second-order valence-corrected chi connectivity index (χ2v) is 7.53. The molecule has 0 saturated carbocycles. The van der Waals surface area contributed by atoms with Crippen molar-refractivity contribution in [3.63, 3.8) is 0 Å². The smallest absolute Gasteiger partial charge is 0.274 e. The van der Waals surface area contributed by atoms with E-state index in [4.69, 9.17) is 0 Å². The van der Waals surface area contributed by atoms with E-state index in [9.17, 15) is 9.59 Å². The number of carbonyl (C=O) groups is 2. The minimum Gasteiger partial charge on any atom is -0.349 e. The Morgan fingerprint density at radius 1 is 1.00 bits per heavy atom. The summed E-state index contributed by atoms with van der Waals surface area (Å²) in [6.45, 7) is 2.77.